The van der Waals surface area contributed by atoms with Crippen LogP contribution in [0.1, 0.15) is 31.9 Å². The Morgan fingerprint density at radius 2 is 1.08 bits per heavy atom. The van der Waals surface area contributed by atoms with Crippen LogP contribution in [-0.2, 0) is 4.74 Å². The van der Waals surface area contributed by atoms with Crippen LogP contribution in [0.2, 0.25) is 0 Å². The molecule has 0 heterocycles. The summed E-state index contributed by atoms with van der Waals surface area (Å²) in [7, 11) is 0.586. The molecule has 0 aliphatic heterocycles. The molecule has 0 radical (unpaired) electrons. The van der Waals surface area contributed by atoms with Gasteiger partial charge in [-0.3, -0.25) is 0 Å². The van der Waals surface area contributed by atoms with Crippen LogP contribution < -0.4 is 4.74 Å². The number of alkyl halides is 15. The van der Waals surface area contributed by atoms with E-state index in [0.29, 0.717) is 7.11 Å². The minimum Gasteiger partial charge on any atom is -0.493 e. The van der Waals surface area contributed by atoms with E-state index in [-0.39, 0.29) is 18.3 Å². The molecule has 1 aromatic carbocycles. The molecule has 0 saturated carbocycles. The first-order chi connectivity index (χ1) is 16.3. The van der Waals surface area contributed by atoms with E-state index < -0.39 is 59.8 Å². The van der Waals surface area contributed by atoms with Crippen molar-refractivity contribution in [1.82, 2.24) is 0 Å². The Kier molecular flexibility index (Phi) is 9.13. The molecule has 0 N–H and O–H groups in total. The van der Waals surface area contributed by atoms with Gasteiger partial charge in [0.1, 0.15) is 5.75 Å². The standard InChI is InChI=1S/C20H19F15O2/c1-10(2)9-37-12-7-5-4-6-11(12)13(36-3)8-14(21,22)15(23,24)16(25,26)17(27,28)18(29,30)19(31,32)20(33,34)35/h4-7,10,13H,8-9H2,1-3H3. The molecule has 0 aliphatic carbocycles. The third-order valence-electron chi connectivity index (χ3n) is 4.96. The monoisotopic (exact) mass is 576 g/mol. The lowest BCUT2D eigenvalue weighted by molar-refractivity contribution is -0.453. The first-order valence-electron chi connectivity index (χ1n) is 9.91. The minimum absolute atomic E-state index is 0.0905. The van der Waals surface area contributed by atoms with Crippen molar-refractivity contribution in [2.75, 3.05) is 13.7 Å². The smallest absolute Gasteiger partial charge is 0.460 e. The number of hydrogen-bond donors (Lipinski definition) is 0. The molecular formula is C20H19F15O2. The van der Waals surface area contributed by atoms with E-state index in [0.717, 1.165) is 18.2 Å². The van der Waals surface area contributed by atoms with Gasteiger partial charge in [0.25, 0.3) is 0 Å². The van der Waals surface area contributed by atoms with E-state index in [1.165, 1.54) is 6.07 Å². The van der Waals surface area contributed by atoms with Gasteiger partial charge in [-0.25, -0.2) is 0 Å². The van der Waals surface area contributed by atoms with E-state index in [2.05, 4.69) is 4.74 Å². The molecule has 0 saturated heterocycles. The average Bonchev–Trinajstić information content (AvgIpc) is 2.74. The second kappa shape index (κ2) is 10.2. The lowest BCUT2D eigenvalue weighted by Crippen LogP contribution is -2.72. The Bertz CT molecular complexity index is 909. The summed E-state index contributed by atoms with van der Waals surface area (Å²) in [5.74, 6) is -47.3. The Labute approximate surface area is 199 Å². The van der Waals surface area contributed by atoms with Crippen molar-refractivity contribution in [2.24, 2.45) is 5.92 Å². The summed E-state index contributed by atoms with van der Waals surface area (Å²) < 4.78 is 211. The molecule has 2 nitrogen and oxygen atoms in total. The van der Waals surface area contributed by atoms with Crippen LogP contribution in [0.25, 0.3) is 0 Å². The fourth-order valence-electron chi connectivity index (χ4n) is 2.81. The number of methoxy groups -OCH3 is 1. The quantitative estimate of drug-likeness (QED) is 0.234. The Balaban J connectivity index is 3.51. The highest BCUT2D eigenvalue weighted by Gasteiger charge is 2.93. The van der Waals surface area contributed by atoms with Gasteiger partial charge in [0.2, 0.25) is 0 Å². The summed E-state index contributed by atoms with van der Waals surface area (Å²) >= 11 is 0. The van der Waals surface area contributed by atoms with Crippen molar-refractivity contribution in [2.45, 2.75) is 68.1 Å². The molecule has 1 atom stereocenters. The van der Waals surface area contributed by atoms with Crippen LogP contribution in [0.4, 0.5) is 65.9 Å². The molecule has 0 spiro atoms. The van der Waals surface area contributed by atoms with Gasteiger partial charge in [-0.2, -0.15) is 65.9 Å². The second-order valence-corrected chi connectivity index (χ2v) is 8.25. The molecule has 0 amide bonds. The predicted octanol–water partition coefficient (Wildman–Crippen LogP) is 8.17. The lowest BCUT2D eigenvalue weighted by atomic mass is 9.88. The maximum absolute atomic E-state index is 14.4. The molecule has 1 aromatic rings. The first kappa shape index (κ1) is 33.0. The number of halogens is 15. The number of benzene rings is 1. The van der Waals surface area contributed by atoms with Gasteiger partial charge in [0.15, 0.2) is 0 Å². The SMILES string of the molecule is COC(CC(F)(F)C(F)(F)C(F)(F)C(F)(F)C(F)(F)C(F)(F)C(F)(F)F)c1ccccc1OCC(C)C. The van der Waals surface area contributed by atoms with Crippen molar-refractivity contribution < 1.29 is 75.3 Å². The Hall–Kier alpha value is -2.07. The van der Waals surface area contributed by atoms with Crippen molar-refractivity contribution >= 4 is 0 Å². The summed E-state index contributed by atoms with van der Waals surface area (Å²) in [4.78, 5) is 0. The molecule has 0 aliphatic rings. The van der Waals surface area contributed by atoms with Gasteiger partial charge in [0, 0.05) is 19.1 Å². The third kappa shape index (κ3) is 5.55. The van der Waals surface area contributed by atoms with Crippen molar-refractivity contribution in [1.29, 1.82) is 0 Å². The summed E-state index contributed by atoms with van der Waals surface area (Å²) in [6.45, 7) is 3.17. The molecular weight excluding hydrogens is 557 g/mol. The fourth-order valence-corrected chi connectivity index (χ4v) is 2.81. The van der Waals surface area contributed by atoms with E-state index >= 15 is 0 Å². The van der Waals surface area contributed by atoms with Crippen molar-refractivity contribution in [3.63, 3.8) is 0 Å². The molecule has 1 rings (SSSR count). The van der Waals surface area contributed by atoms with E-state index in [1.807, 2.05) is 0 Å². The maximum Gasteiger partial charge on any atom is 0.460 e. The minimum atomic E-state index is -8.33. The predicted molar refractivity (Wildman–Crippen MR) is 96.9 cm³/mol. The third-order valence-corrected chi connectivity index (χ3v) is 4.96. The normalized spacial score (nSPS) is 15.8. The maximum atomic E-state index is 14.4. The van der Waals surface area contributed by atoms with Crippen LogP contribution in [0.3, 0.4) is 0 Å². The van der Waals surface area contributed by atoms with Gasteiger partial charge in [0.05, 0.1) is 12.7 Å². The largest absolute Gasteiger partial charge is 0.493 e. The van der Waals surface area contributed by atoms with Crippen LogP contribution in [0.5, 0.6) is 5.75 Å². The Morgan fingerprint density at radius 3 is 1.51 bits per heavy atom. The Morgan fingerprint density at radius 1 is 0.649 bits per heavy atom. The summed E-state index contributed by atoms with van der Waals surface area (Å²) in [5.41, 5.74) is -0.509. The lowest BCUT2D eigenvalue weighted by Gasteiger charge is -2.42. The number of para-hydroxylation sites is 1. The summed E-state index contributed by atoms with van der Waals surface area (Å²) in [6.07, 6.45) is -12.6. The van der Waals surface area contributed by atoms with E-state index in [9.17, 15) is 65.9 Å². The fraction of sp³-hybridized carbons (Fsp3) is 0.700. The molecule has 0 fully saturated rings. The highest BCUT2D eigenvalue weighted by molar-refractivity contribution is 5.35. The molecule has 1 unspecified atom stereocenters. The van der Waals surface area contributed by atoms with Gasteiger partial charge in [-0.15, -0.1) is 0 Å². The molecule has 0 aromatic heterocycles. The highest BCUT2D eigenvalue weighted by Crippen LogP contribution is 2.63. The molecule has 17 heteroatoms. The van der Waals surface area contributed by atoms with E-state index in [4.69, 9.17) is 4.74 Å². The van der Waals surface area contributed by atoms with Crippen LogP contribution in [-0.4, -0.2) is 55.4 Å². The van der Waals surface area contributed by atoms with Crippen LogP contribution in [0, 0.1) is 5.92 Å². The zero-order chi connectivity index (χ0) is 29.5. The first-order valence-corrected chi connectivity index (χ1v) is 9.91. The zero-order valence-corrected chi connectivity index (χ0v) is 18.9. The topological polar surface area (TPSA) is 18.5 Å². The van der Waals surface area contributed by atoms with Crippen LogP contribution >= 0.6 is 0 Å². The van der Waals surface area contributed by atoms with Gasteiger partial charge >= 0.3 is 41.7 Å². The average molecular weight is 576 g/mol. The van der Waals surface area contributed by atoms with Gasteiger partial charge < -0.3 is 9.47 Å². The number of rotatable bonds is 12. The van der Waals surface area contributed by atoms with Crippen LogP contribution in [0.15, 0.2) is 24.3 Å². The highest BCUT2D eigenvalue weighted by atomic mass is 19.4. The second-order valence-electron chi connectivity index (χ2n) is 8.25. The van der Waals surface area contributed by atoms with Crippen molar-refractivity contribution in [3.05, 3.63) is 29.8 Å². The van der Waals surface area contributed by atoms with Crippen molar-refractivity contribution in [3.8, 4) is 5.75 Å². The number of ether oxygens (including phenoxy) is 2. The number of hydrogen-bond acceptors (Lipinski definition) is 2. The molecule has 216 valence electrons. The molecule has 37 heavy (non-hydrogen) atoms. The zero-order valence-electron chi connectivity index (χ0n) is 18.9. The van der Waals surface area contributed by atoms with E-state index in [1.54, 1.807) is 13.8 Å². The summed E-state index contributed by atoms with van der Waals surface area (Å²) in [6, 6.07) is 4.39. The summed E-state index contributed by atoms with van der Waals surface area (Å²) in [5, 5.41) is 0. The van der Waals surface area contributed by atoms with Gasteiger partial charge in [-0.1, -0.05) is 32.0 Å². The van der Waals surface area contributed by atoms with Gasteiger partial charge in [-0.05, 0) is 12.0 Å². The molecule has 0 bridgehead atoms.